The van der Waals surface area contributed by atoms with Crippen molar-refractivity contribution in [3.05, 3.63) is 29.8 Å². The van der Waals surface area contributed by atoms with Crippen molar-refractivity contribution < 1.29 is 22.7 Å². The number of ether oxygens (including phenoxy) is 1. The van der Waals surface area contributed by atoms with Crippen LogP contribution in [0.25, 0.3) is 0 Å². The molecular formula is C10H11F3N2O2. The van der Waals surface area contributed by atoms with Crippen molar-refractivity contribution in [2.75, 3.05) is 0 Å². The van der Waals surface area contributed by atoms with Gasteiger partial charge in [-0.2, -0.15) is 0 Å². The van der Waals surface area contributed by atoms with Gasteiger partial charge in [-0.1, -0.05) is 12.1 Å². The first kappa shape index (κ1) is 13.3. The van der Waals surface area contributed by atoms with Crippen LogP contribution < -0.4 is 16.2 Å². The minimum atomic E-state index is -4.73. The quantitative estimate of drug-likeness (QED) is 0.846. The molecule has 1 amide bonds. The molecule has 0 aliphatic carbocycles. The van der Waals surface area contributed by atoms with Gasteiger partial charge >= 0.3 is 6.36 Å². The average molecular weight is 248 g/mol. The van der Waals surface area contributed by atoms with Crippen molar-refractivity contribution in [1.29, 1.82) is 0 Å². The average Bonchev–Trinajstić information content (AvgIpc) is 2.15. The predicted molar refractivity (Wildman–Crippen MR) is 53.9 cm³/mol. The second-order valence-electron chi connectivity index (χ2n) is 3.39. The minimum Gasteiger partial charge on any atom is -0.406 e. The molecule has 1 atom stereocenters. The van der Waals surface area contributed by atoms with Crippen LogP contribution in [0, 0.1) is 0 Å². The van der Waals surface area contributed by atoms with Crippen molar-refractivity contribution >= 4 is 5.91 Å². The summed E-state index contributed by atoms with van der Waals surface area (Å²) in [6.07, 6.45) is -4.80. The molecule has 0 fully saturated rings. The Morgan fingerprint density at radius 1 is 1.29 bits per heavy atom. The summed E-state index contributed by atoms with van der Waals surface area (Å²) in [6.45, 7) is 0. The number of hydrogen-bond donors (Lipinski definition) is 2. The van der Waals surface area contributed by atoms with E-state index in [4.69, 9.17) is 11.5 Å². The number of rotatable bonds is 4. The molecule has 1 aromatic carbocycles. The Bertz CT molecular complexity index is 390. The number of alkyl halides is 3. The van der Waals surface area contributed by atoms with E-state index < -0.39 is 18.3 Å². The van der Waals surface area contributed by atoms with E-state index >= 15 is 0 Å². The molecule has 4 nitrogen and oxygen atoms in total. The molecule has 0 aromatic heterocycles. The zero-order valence-electron chi connectivity index (χ0n) is 8.70. The number of primary amides is 1. The third kappa shape index (κ3) is 4.73. The Balaban J connectivity index is 2.71. The SMILES string of the molecule is NC(=O)CC(N)c1ccc(OC(F)(F)F)cc1. The van der Waals surface area contributed by atoms with Crippen LogP contribution in [0.3, 0.4) is 0 Å². The van der Waals surface area contributed by atoms with Crippen LogP contribution in [0.1, 0.15) is 18.0 Å². The third-order valence-corrected chi connectivity index (χ3v) is 1.96. The topological polar surface area (TPSA) is 78.3 Å². The van der Waals surface area contributed by atoms with Crippen LogP contribution in [-0.4, -0.2) is 12.3 Å². The molecule has 0 saturated carbocycles. The number of hydrogen-bond acceptors (Lipinski definition) is 3. The van der Waals surface area contributed by atoms with Gasteiger partial charge in [0.15, 0.2) is 0 Å². The van der Waals surface area contributed by atoms with E-state index in [-0.39, 0.29) is 12.2 Å². The molecular weight excluding hydrogens is 237 g/mol. The van der Waals surface area contributed by atoms with Gasteiger partial charge in [-0.25, -0.2) is 0 Å². The van der Waals surface area contributed by atoms with Crippen LogP contribution >= 0.6 is 0 Å². The highest BCUT2D eigenvalue weighted by Crippen LogP contribution is 2.24. The van der Waals surface area contributed by atoms with Crippen molar-refractivity contribution in [2.24, 2.45) is 11.5 Å². The second-order valence-corrected chi connectivity index (χ2v) is 3.39. The fourth-order valence-corrected chi connectivity index (χ4v) is 1.25. The van der Waals surface area contributed by atoms with Crippen molar-refractivity contribution in [3.8, 4) is 5.75 Å². The molecule has 4 N–H and O–H groups in total. The summed E-state index contributed by atoms with van der Waals surface area (Å²) in [7, 11) is 0. The summed E-state index contributed by atoms with van der Waals surface area (Å²) in [5.41, 5.74) is 11.1. The first-order valence-electron chi connectivity index (χ1n) is 4.67. The maximum absolute atomic E-state index is 11.9. The fourth-order valence-electron chi connectivity index (χ4n) is 1.25. The zero-order chi connectivity index (χ0) is 13.1. The van der Waals surface area contributed by atoms with Gasteiger partial charge in [-0.05, 0) is 17.7 Å². The molecule has 17 heavy (non-hydrogen) atoms. The lowest BCUT2D eigenvalue weighted by Gasteiger charge is -2.12. The van der Waals surface area contributed by atoms with Gasteiger partial charge in [-0.3, -0.25) is 4.79 Å². The molecule has 0 spiro atoms. The maximum Gasteiger partial charge on any atom is 0.573 e. The van der Waals surface area contributed by atoms with Crippen LogP contribution in [0.5, 0.6) is 5.75 Å². The lowest BCUT2D eigenvalue weighted by atomic mass is 10.0. The summed E-state index contributed by atoms with van der Waals surface area (Å²) in [4.78, 5) is 10.6. The van der Waals surface area contributed by atoms with E-state index in [1.807, 2.05) is 0 Å². The number of benzene rings is 1. The van der Waals surface area contributed by atoms with E-state index in [1.165, 1.54) is 12.1 Å². The predicted octanol–water partition coefficient (Wildman–Crippen LogP) is 1.46. The minimum absolute atomic E-state index is 0.0700. The van der Waals surface area contributed by atoms with E-state index in [1.54, 1.807) is 0 Å². The number of carbonyl (C=O) groups is 1. The highest BCUT2D eigenvalue weighted by Gasteiger charge is 2.31. The maximum atomic E-state index is 11.9. The largest absolute Gasteiger partial charge is 0.573 e. The molecule has 0 heterocycles. The summed E-state index contributed by atoms with van der Waals surface area (Å²) >= 11 is 0. The molecule has 0 aliphatic rings. The molecule has 1 rings (SSSR count). The number of halogens is 3. The summed E-state index contributed by atoms with van der Waals surface area (Å²) < 4.78 is 39.3. The summed E-state index contributed by atoms with van der Waals surface area (Å²) in [6, 6.07) is 4.34. The molecule has 0 aliphatic heterocycles. The Labute approximate surface area is 95.3 Å². The van der Waals surface area contributed by atoms with E-state index in [0.717, 1.165) is 12.1 Å². The van der Waals surface area contributed by atoms with E-state index in [9.17, 15) is 18.0 Å². The van der Waals surface area contributed by atoms with Gasteiger partial charge in [0.1, 0.15) is 5.75 Å². The van der Waals surface area contributed by atoms with Crippen molar-refractivity contribution in [3.63, 3.8) is 0 Å². The molecule has 1 aromatic rings. The molecule has 0 saturated heterocycles. The molecule has 1 unspecified atom stereocenters. The summed E-state index contributed by atoms with van der Waals surface area (Å²) in [5.74, 6) is -0.916. The second kappa shape index (κ2) is 5.05. The zero-order valence-corrected chi connectivity index (χ0v) is 8.70. The van der Waals surface area contributed by atoms with Gasteiger partial charge in [0.25, 0.3) is 0 Å². The lowest BCUT2D eigenvalue weighted by molar-refractivity contribution is -0.274. The summed E-state index contributed by atoms with van der Waals surface area (Å²) in [5, 5.41) is 0. The van der Waals surface area contributed by atoms with Crippen molar-refractivity contribution in [1.82, 2.24) is 0 Å². The Hall–Kier alpha value is -1.76. The fraction of sp³-hybridized carbons (Fsp3) is 0.300. The van der Waals surface area contributed by atoms with Crippen molar-refractivity contribution in [2.45, 2.75) is 18.8 Å². The Kier molecular flexibility index (Phi) is 3.95. The smallest absolute Gasteiger partial charge is 0.406 e. The molecule has 0 radical (unpaired) electrons. The van der Waals surface area contributed by atoms with Gasteiger partial charge < -0.3 is 16.2 Å². The van der Waals surface area contributed by atoms with E-state index in [2.05, 4.69) is 4.74 Å². The first-order chi connectivity index (χ1) is 7.78. The molecule has 94 valence electrons. The number of nitrogens with two attached hydrogens (primary N) is 2. The van der Waals surface area contributed by atoms with Crippen LogP contribution in [0.4, 0.5) is 13.2 Å². The van der Waals surface area contributed by atoms with E-state index in [0.29, 0.717) is 5.56 Å². The van der Waals surface area contributed by atoms with Gasteiger partial charge in [-0.15, -0.1) is 13.2 Å². The normalized spacial score (nSPS) is 13.2. The first-order valence-corrected chi connectivity index (χ1v) is 4.67. The van der Waals surface area contributed by atoms with Crippen LogP contribution in [-0.2, 0) is 4.79 Å². The number of carbonyl (C=O) groups excluding carboxylic acids is 1. The lowest BCUT2D eigenvalue weighted by Crippen LogP contribution is -2.20. The van der Waals surface area contributed by atoms with Gasteiger partial charge in [0, 0.05) is 12.5 Å². The monoisotopic (exact) mass is 248 g/mol. The van der Waals surface area contributed by atoms with Crippen LogP contribution in [0.15, 0.2) is 24.3 Å². The highest BCUT2D eigenvalue weighted by molar-refractivity contribution is 5.74. The molecule has 0 bridgehead atoms. The highest BCUT2D eigenvalue weighted by atomic mass is 19.4. The van der Waals surface area contributed by atoms with Gasteiger partial charge in [0.2, 0.25) is 5.91 Å². The standard InChI is InChI=1S/C10H11F3N2O2/c11-10(12,13)17-7-3-1-6(2-4-7)8(14)5-9(15)16/h1-4,8H,5,14H2,(H2,15,16). The number of amides is 1. The third-order valence-electron chi connectivity index (χ3n) is 1.96. The van der Waals surface area contributed by atoms with Crippen LogP contribution in [0.2, 0.25) is 0 Å². The van der Waals surface area contributed by atoms with Gasteiger partial charge in [0.05, 0.1) is 0 Å². The Morgan fingerprint density at radius 3 is 2.24 bits per heavy atom. The molecule has 7 heteroatoms. The Morgan fingerprint density at radius 2 is 1.82 bits per heavy atom.